The van der Waals surface area contributed by atoms with Gasteiger partial charge in [-0.1, -0.05) is 6.07 Å². The van der Waals surface area contributed by atoms with Crippen LogP contribution in [0.15, 0.2) is 29.0 Å². The molecule has 0 fully saturated rings. The quantitative estimate of drug-likeness (QED) is 0.887. The van der Waals surface area contributed by atoms with Crippen molar-refractivity contribution in [1.82, 2.24) is 5.32 Å². The lowest BCUT2D eigenvalue weighted by molar-refractivity contribution is 0.515. The fraction of sp³-hybridized carbons (Fsp3) is 0.286. The Morgan fingerprint density at radius 1 is 1.22 bits per heavy atom. The highest BCUT2D eigenvalue weighted by molar-refractivity contribution is 7.08. The van der Waals surface area contributed by atoms with E-state index in [4.69, 9.17) is 0 Å². The standard InChI is InChI=1S/C14H15F2NS/c1-9-7-18-8-11(9)14(17-2)6-10-12(15)4-3-5-13(10)16/h3-5,7-8,14,17H,6H2,1-2H3. The molecule has 96 valence electrons. The molecule has 0 amide bonds. The normalized spacial score (nSPS) is 12.7. The van der Waals surface area contributed by atoms with E-state index in [0.717, 1.165) is 11.1 Å². The number of halogens is 2. The summed E-state index contributed by atoms with van der Waals surface area (Å²) in [5.41, 5.74) is 2.39. The first-order valence-electron chi connectivity index (χ1n) is 5.76. The number of thiophene rings is 1. The maximum Gasteiger partial charge on any atom is 0.129 e. The van der Waals surface area contributed by atoms with E-state index in [2.05, 4.69) is 5.32 Å². The Bertz CT molecular complexity index is 516. The van der Waals surface area contributed by atoms with Crippen LogP contribution in [0.4, 0.5) is 8.78 Å². The number of hydrogen-bond donors (Lipinski definition) is 1. The Labute approximate surface area is 109 Å². The number of nitrogens with one attached hydrogen (secondary N) is 1. The topological polar surface area (TPSA) is 12.0 Å². The summed E-state index contributed by atoms with van der Waals surface area (Å²) in [6.45, 7) is 2.01. The predicted octanol–water partition coefficient (Wildman–Crippen LogP) is 3.84. The van der Waals surface area contributed by atoms with Crippen LogP contribution in [-0.4, -0.2) is 7.05 Å². The SMILES string of the molecule is CNC(Cc1c(F)cccc1F)c1cscc1C. The van der Waals surface area contributed by atoms with Crippen LogP contribution in [0, 0.1) is 18.6 Å². The molecule has 18 heavy (non-hydrogen) atoms. The van der Waals surface area contributed by atoms with Gasteiger partial charge in [0, 0.05) is 11.6 Å². The highest BCUT2D eigenvalue weighted by atomic mass is 32.1. The molecule has 1 N–H and O–H groups in total. The van der Waals surface area contributed by atoms with Crippen molar-refractivity contribution >= 4 is 11.3 Å². The van der Waals surface area contributed by atoms with Gasteiger partial charge in [-0.2, -0.15) is 11.3 Å². The molecule has 0 spiro atoms. The van der Waals surface area contributed by atoms with Crippen LogP contribution in [0.3, 0.4) is 0 Å². The summed E-state index contributed by atoms with van der Waals surface area (Å²) in [6.07, 6.45) is 0.312. The average Bonchev–Trinajstić information content (AvgIpc) is 2.76. The molecule has 0 aliphatic carbocycles. The molecule has 1 aromatic heterocycles. The van der Waals surface area contributed by atoms with Gasteiger partial charge in [-0.3, -0.25) is 0 Å². The van der Waals surface area contributed by atoms with Crippen LogP contribution >= 0.6 is 11.3 Å². The van der Waals surface area contributed by atoms with Crippen LogP contribution in [0.1, 0.15) is 22.7 Å². The van der Waals surface area contributed by atoms with Crippen molar-refractivity contribution in [3.05, 3.63) is 57.3 Å². The smallest absolute Gasteiger partial charge is 0.129 e. The molecule has 0 saturated heterocycles. The highest BCUT2D eigenvalue weighted by Gasteiger charge is 2.17. The van der Waals surface area contributed by atoms with Crippen molar-refractivity contribution in [2.45, 2.75) is 19.4 Å². The minimum Gasteiger partial charge on any atom is -0.313 e. The summed E-state index contributed by atoms with van der Waals surface area (Å²) in [7, 11) is 1.81. The van der Waals surface area contributed by atoms with Crippen molar-refractivity contribution in [3.63, 3.8) is 0 Å². The predicted molar refractivity (Wildman–Crippen MR) is 70.9 cm³/mol. The highest BCUT2D eigenvalue weighted by Crippen LogP contribution is 2.26. The van der Waals surface area contributed by atoms with Gasteiger partial charge in [0.1, 0.15) is 11.6 Å². The van der Waals surface area contributed by atoms with Gasteiger partial charge in [0.05, 0.1) is 0 Å². The van der Waals surface area contributed by atoms with Gasteiger partial charge >= 0.3 is 0 Å². The Morgan fingerprint density at radius 2 is 1.89 bits per heavy atom. The van der Waals surface area contributed by atoms with E-state index in [1.807, 2.05) is 17.7 Å². The lowest BCUT2D eigenvalue weighted by Crippen LogP contribution is -2.20. The van der Waals surface area contributed by atoms with Gasteiger partial charge in [0.25, 0.3) is 0 Å². The molecule has 0 saturated carbocycles. The Morgan fingerprint density at radius 3 is 2.39 bits per heavy atom. The Hall–Kier alpha value is -1.26. The van der Waals surface area contributed by atoms with Gasteiger partial charge in [0.15, 0.2) is 0 Å². The van der Waals surface area contributed by atoms with Crippen LogP contribution in [-0.2, 0) is 6.42 Å². The molecule has 2 rings (SSSR count). The minimum absolute atomic E-state index is 0.0670. The van der Waals surface area contributed by atoms with Gasteiger partial charge in [-0.05, 0) is 54.4 Å². The van der Waals surface area contributed by atoms with Crippen molar-refractivity contribution in [2.75, 3.05) is 7.05 Å². The Balaban J connectivity index is 2.29. The zero-order valence-electron chi connectivity index (χ0n) is 10.3. The molecule has 1 unspecified atom stereocenters. The summed E-state index contributed by atoms with van der Waals surface area (Å²) in [5.74, 6) is -0.966. The maximum atomic E-state index is 13.6. The second kappa shape index (κ2) is 5.59. The van der Waals surface area contributed by atoms with Crippen LogP contribution < -0.4 is 5.32 Å². The molecule has 1 heterocycles. The Kier molecular flexibility index (Phi) is 4.09. The van der Waals surface area contributed by atoms with Gasteiger partial charge < -0.3 is 5.32 Å². The third-order valence-electron chi connectivity index (χ3n) is 3.09. The maximum absolute atomic E-state index is 13.6. The lowest BCUT2D eigenvalue weighted by Gasteiger charge is -2.17. The number of benzene rings is 1. The van der Waals surface area contributed by atoms with Gasteiger partial charge in [0.2, 0.25) is 0 Å². The molecular formula is C14H15F2NS. The monoisotopic (exact) mass is 267 g/mol. The summed E-state index contributed by atoms with van der Waals surface area (Å²) < 4.78 is 27.2. The zero-order chi connectivity index (χ0) is 13.1. The molecule has 0 aliphatic heterocycles. The number of likely N-dealkylation sites (N-methyl/N-ethyl adjacent to an activating group) is 1. The number of hydrogen-bond acceptors (Lipinski definition) is 2. The number of rotatable bonds is 4. The van der Waals surface area contributed by atoms with E-state index in [-0.39, 0.29) is 11.6 Å². The first-order valence-corrected chi connectivity index (χ1v) is 6.70. The second-order valence-corrected chi connectivity index (χ2v) is 5.00. The summed E-state index contributed by atoms with van der Waals surface area (Å²) >= 11 is 1.60. The lowest BCUT2D eigenvalue weighted by atomic mass is 9.98. The van der Waals surface area contributed by atoms with Crippen molar-refractivity contribution in [1.29, 1.82) is 0 Å². The van der Waals surface area contributed by atoms with Crippen LogP contribution in [0.25, 0.3) is 0 Å². The van der Waals surface area contributed by atoms with E-state index in [9.17, 15) is 8.78 Å². The molecule has 1 aromatic carbocycles. The molecule has 2 aromatic rings. The largest absolute Gasteiger partial charge is 0.313 e. The molecule has 1 nitrogen and oxygen atoms in total. The first kappa shape index (κ1) is 13.2. The molecule has 1 atom stereocenters. The summed E-state index contributed by atoms with van der Waals surface area (Å²) in [4.78, 5) is 0. The fourth-order valence-electron chi connectivity index (χ4n) is 2.03. The first-order chi connectivity index (χ1) is 8.63. The molecule has 0 aliphatic rings. The average molecular weight is 267 g/mol. The van der Waals surface area contributed by atoms with E-state index in [1.54, 1.807) is 18.4 Å². The number of aryl methyl sites for hydroxylation is 1. The summed E-state index contributed by atoms with van der Waals surface area (Å²) in [6, 6.07) is 3.91. The van der Waals surface area contributed by atoms with Gasteiger partial charge in [-0.25, -0.2) is 8.78 Å². The third-order valence-corrected chi connectivity index (χ3v) is 3.97. The van der Waals surface area contributed by atoms with Crippen molar-refractivity contribution < 1.29 is 8.78 Å². The van der Waals surface area contributed by atoms with Crippen molar-refractivity contribution in [2.24, 2.45) is 0 Å². The molecule has 0 bridgehead atoms. The second-order valence-electron chi connectivity index (χ2n) is 4.26. The third kappa shape index (κ3) is 2.60. The fourth-order valence-corrected chi connectivity index (χ4v) is 2.93. The van der Waals surface area contributed by atoms with Crippen molar-refractivity contribution in [3.8, 4) is 0 Å². The summed E-state index contributed by atoms with van der Waals surface area (Å²) in [5, 5.41) is 7.18. The van der Waals surface area contributed by atoms with E-state index in [0.29, 0.717) is 6.42 Å². The van der Waals surface area contributed by atoms with E-state index < -0.39 is 11.6 Å². The van der Waals surface area contributed by atoms with E-state index in [1.165, 1.54) is 18.2 Å². The molecular weight excluding hydrogens is 252 g/mol. The zero-order valence-corrected chi connectivity index (χ0v) is 11.2. The molecule has 0 radical (unpaired) electrons. The van der Waals surface area contributed by atoms with Crippen LogP contribution in [0.2, 0.25) is 0 Å². The molecule has 4 heteroatoms. The van der Waals surface area contributed by atoms with E-state index >= 15 is 0 Å². The van der Waals surface area contributed by atoms with Gasteiger partial charge in [-0.15, -0.1) is 0 Å². The van der Waals surface area contributed by atoms with Crippen LogP contribution in [0.5, 0.6) is 0 Å². The minimum atomic E-state index is -0.483.